The second-order valence-corrected chi connectivity index (χ2v) is 3.67. The van der Waals surface area contributed by atoms with Crippen LogP contribution in [-0.2, 0) is 6.42 Å². The summed E-state index contributed by atoms with van der Waals surface area (Å²) in [6.45, 7) is 2.10. The average Bonchev–Trinajstić information content (AvgIpc) is 2.40. The molecule has 0 aliphatic heterocycles. The van der Waals surface area contributed by atoms with E-state index in [2.05, 4.69) is 11.9 Å². The van der Waals surface area contributed by atoms with Gasteiger partial charge in [0.2, 0.25) is 0 Å². The zero-order valence-corrected chi connectivity index (χ0v) is 9.59. The van der Waals surface area contributed by atoms with Crippen molar-refractivity contribution < 1.29 is 9.53 Å². The highest BCUT2D eigenvalue weighted by molar-refractivity contribution is 5.74. The molecule has 17 heavy (non-hydrogen) atoms. The number of aromatic nitrogens is 1. The van der Waals surface area contributed by atoms with Crippen molar-refractivity contribution in [3.8, 4) is 11.5 Å². The third-order valence-electron chi connectivity index (χ3n) is 2.44. The second-order valence-electron chi connectivity index (χ2n) is 3.67. The number of carbonyl (C=O) groups excluding carboxylic acids is 1. The molecule has 86 valence electrons. The quantitative estimate of drug-likeness (QED) is 0.752. The Bertz CT molecular complexity index is 506. The maximum atomic E-state index is 10.6. The SMILES string of the molecule is CCc1ccc(Oc2cncc(C=O)c2)cc1. The van der Waals surface area contributed by atoms with Crippen LogP contribution in [0.2, 0.25) is 0 Å². The summed E-state index contributed by atoms with van der Waals surface area (Å²) in [5, 5.41) is 0. The van der Waals surface area contributed by atoms with Gasteiger partial charge in [0, 0.05) is 11.8 Å². The highest BCUT2D eigenvalue weighted by atomic mass is 16.5. The van der Waals surface area contributed by atoms with Crippen LogP contribution in [0.5, 0.6) is 11.5 Å². The number of ether oxygens (including phenoxy) is 1. The van der Waals surface area contributed by atoms with E-state index in [9.17, 15) is 4.79 Å². The van der Waals surface area contributed by atoms with E-state index in [-0.39, 0.29) is 0 Å². The molecule has 0 fully saturated rings. The van der Waals surface area contributed by atoms with E-state index in [1.807, 2.05) is 24.3 Å². The molecule has 1 heterocycles. The van der Waals surface area contributed by atoms with E-state index >= 15 is 0 Å². The predicted molar refractivity (Wildman–Crippen MR) is 65.5 cm³/mol. The lowest BCUT2D eigenvalue weighted by Gasteiger charge is -2.06. The first-order chi connectivity index (χ1) is 8.31. The Morgan fingerprint density at radius 2 is 1.94 bits per heavy atom. The zero-order valence-electron chi connectivity index (χ0n) is 9.59. The average molecular weight is 227 g/mol. The Morgan fingerprint density at radius 3 is 2.59 bits per heavy atom. The zero-order chi connectivity index (χ0) is 12.1. The number of hydrogen-bond donors (Lipinski definition) is 0. The summed E-state index contributed by atoms with van der Waals surface area (Å²) < 4.78 is 5.60. The maximum Gasteiger partial charge on any atom is 0.151 e. The van der Waals surface area contributed by atoms with Gasteiger partial charge in [-0.2, -0.15) is 0 Å². The maximum absolute atomic E-state index is 10.6. The number of rotatable bonds is 4. The van der Waals surface area contributed by atoms with Gasteiger partial charge in [-0.05, 0) is 30.2 Å². The van der Waals surface area contributed by atoms with Crippen molar-refractivity contribution >= 4 is 6.29 Å². The highest BCUT2D eigenvalue weighted by Gasteiger charge is 1.99. The van der Waals surface area contributed by atoms with Crippen LogP contribution < -0.4 is 4.74 Å². The van der Waals surface area contributed by atoms with Gasteiger partial charge in [0.15, 0.2) is 6.29 Å². The minimum atomic E-state index is 0.507. The predicted octanol–water partition coefficient (Wildman–Crippen LogP) is 3.25. The first kappa shape index (κ1) is 11.3. The summed E-state index contributed by atoms with van der Waals surface area (Å²) in [4.78, 5) is 14.5. The van der Waals surface area contributed by atoms with Gasteiger partial charge in [0.25, 0.3) is 0 Å². The van der Waals surface area contributed by atoms with Crippen molar-refractivity contribution in [1.82, 2.24) is 4.98 Å². The molecule has 0 aliphatic carbocycles. The Balaban J connectivity index is 2.16. The summed E-state index contributed by atoms with van der Waals surface area (Å²) in [5.74, 6) is 1.31. The summed E-state index contributed by atoms with van der Waals surface area (Å²) in [6, 6.07) is 9.52. The fraction of sp³-hybridized carbons (Fsp3) is 0.143. The van der Waals surface area contributed by atoms with Crippen molar-refractivity contribution in [3.05, 3.63) is 53.9 Å². The molecular weight excluding hydrogens is 214 g/mol. The van der Waals surface area contributed by atoms with Crippen LogP contribution in [0.1, 0.15) is 22.8 Å². The van der Waals surface area contributed by atoms with Crippen LogP contribution in [0.3, 0.4) is 0 Å². The number of nitrogens with zero attached hydrogens (tertiary/aromatic N) is 1. The Kier molecular flexibility index (Phi) is 3.50. The molecule has 1 aromatic carbocycles. The van der Waals surface area contributed by atoms with Crippen molar-refractivity contribution in [2.45, 2.75) is 13.3 Å². The summed E-state index contributed by atoms with van der Waals surface area (Å²) >= 11 is 0. The lowest BCUT2D eigenvalue weighted by Crippen LogP contribution is -1.88. The number of benzene rings is 1. The van der Waals surface area contributed by atoms with Crippen molar-refractivity contribution in [3.63, 3.8) is 0 Å². The molecule has 0 unspecified atom stereocenters. The van der Waals surface area contributed by atoms with E-state index in [1.165, 1.54) is 11.8 Å². The Labute approximate surface area is 100 Å². The fourth-order valence-corrected chi connectivity index (χ4v) is 1.49. The molecule has 0 atom stereocenters. The van der Waals surface area contributed by atoms with Gasteiger partial charge >= 0.3 is 0 Å². The van der Waals surface area contributed by atoms with Crippen molar-refractivity contribution in [2.75, 3.05) is 0 Å². The van der Waals surface area contributed by atoms with Gasteiger partial charge in [-0.15, -0.1) is 0 Å². The van der Waals surface area contributed by atoms with Crippen LogP contribution in [0, 0.1) is 0 Å². The smallest absolute Gasteiger partial charge is 0.151 e. The molecule has 0 saturated carbocycles. The van der Waals surface area contributed by atoms with E-state index in [4.69, 9.17) is 4.74 Å². The number of hydrogen-bond acceptors (Lipinski definition) is 3. The van der Waals surface area contributed by atoms with Gasteiger partial charge in [-0.25, -0.2) is 0 Å². The monoisotopic (exact) mass is 227 g/mol. The third kappa shape index (κ3) is 2.91. The van der Waals surface area contributed by atoms with E-state index in [0.717, 1.165) is 18.5 Å². The lowest BCUT2D eigenvalue weighted by molar-refractivity contribution is 0.112. The fourth-order valence-electron chi connectivity index (χ4n) is 1.49. The van der Waals surface area contributed by atoms with Crippen LogP contribution in [-0.4, -0.2) is 11.3 Å². The number of pyridine rings is 1. The Morgan fingerprint density at radius 1 is 1.18 bits per heavy atom. The van der Waals surface area contributed by atoms with E-state index in [0.29, 0.717) is 11.3 Å². The van der Waals surface area contributed by atoms with Gasteiger partial charge < -0.3 is 4.74 Å². The van der Waals surface area contributed by atoms with Crippen LogP contribution in [0.15, 0.2) is 42.7 Å². The highest BCUT2D eigenvalue weighted by Crippen LogP contribution is 2.21. The number of carbonyl (C=O) groups is 1. The van der Waals surface area contributed by atoms with Crippen molar-refractivity contribution in [2.24, 2.45) is 0 Å². The van der Waals surface area contributed by atoms with Gasteiger partial charge in [0.1, 0.15) is 11.5 Å². The molecule has 2 rings (SSSR count). The van der Waals surface area contributed by atoms with Crippen molar-refractivity contribution in [1.29, 1.82) is 0 Å². The molecule has 0 spiro atoms. The molecule has 0 saturated heterocycles. The summed E-state index contributed by atoms with van der Waals surface area (Å²) in [7, 11) is 0. The first-order valence-electron chi connectivity index (χ1n) is 5.49. The largest absolute Gasteiger partial charge is 0.456 e. The molecule has 0 radical (unpaired) electrons. The first-order valence-corrected chi connectivity index (χ1v) is 5.49. The molecule has 0 N–H and O–H groups in total. The van der Waals surface area contributed by atoms with Gasteiger partial charge in [0.05, 0.1) is 6.20 Å². The second kappa shape index (κ2) is 5.25. The Hall–Kier alpha value is -2.16. The van der Waals surface area contributed by atoms with Crippen LogP contribution in [0.25, 0.3) is 0 Å². The number of aldehydes is 1. The molecule has 3 nitrogen and oxygen atoms in total. The van der Waals surface area contributed by atoms with Gasteiger partial charge in [-0.1, -0.05) is 19.1 Å². The molecular formula is C14H13NO2. The summed E-state index contributed by atoms with van der Waals surface area (Å²) in [6.07, 6.45) is 4.84. The standard InChI is InChI=1S/C14H13NO2/c1-2-11-3-5-13(6-4-11)17-14-7-12(10-16)8-15-9-14/h3-10H,2H2,1H3. The molecule has 0 amide bonds. The molecule has 3 heteroatoms. The van der Waals surface area contributed by atoms with E-state index in [1.54, 1.807) is 12.3 Å². The van der Waals surface area contributed by atoms with Gasteiger partial charge in [-0.3, -0.25) is 9.78 Å². The molecule has 0 bridgehead atoms. The van der Waals surface area contributed by atoms with Crippen LogP contribution in [0.4, 0.5) is 0 Å². The molecule has 0 aliphatic rings. The normalized spacial score (nSPS) is 9.94. The lowest BCUT2D eigenvalue weighted by atomic mass is 10.2. The van der Waals surface area contributed by atoms with Crippen LogP contribution >= 0.6 is 0 Å². The van der Waals surface area contributed by atoms with E-state index < -0.39 is 0 Å². The topological polar surface area (TPSA) is 39.2 Å². The minimum absolute atomic E-state index is 0.507. The molecule has 1 aromatic heterocycles. The third-order valence-corrected chi connectivity index (χ3v) is 2.44. The summed E-state index contributed by atoms with van der Waals surface area (Å²) in [5.41, 5.74) is 1.77. The minimum Gasteiger partial charge on any atom is -0.456 e. The number of aryl methyl sites for hydroxylation is 1. The molecule has 2 aromatic rings.